The molecule has 0 aromatic heterocycles. The van der Waals surface area contributed by atoms with Crippen LogP contribution in [0.3, 0.4) is 0 Å². The van der Waals surface area contributed by atoms with E-state index in [-0.39, 0.29) is 23.3 Å². The van der Waals surface area contributed by atoms with Gasteiger partial charge in [0.2, 0.25) is 0 Å². The van der Waals surface area contributed by atoms with E-state index >= 15 is 0 Å². The minimum absolute atomic E-state index is 0.0267. The molecule has 2 aliphatic heterocycles. The van der Waals surface area contributed by atoms with Gasteiger partial charge in [-0.25, -0.2) is 4.79 Å². The van der Waals surface area contributed by atoms with Crippen LogP contribution in [-0.2, 0) is 17.2 Å². The van der Waals surface area contributed by atoms with Gasteiger partial charge in [-0.2, -0.15) is 22.0 Å². The minimum atomic E-state index is -5.56. The number of carbonyl (C=O) groups is 1. The SMILES string of the molecule is C[C@]12CC[C@@H]3c4ccc(C5CC(N6CCCCCC6)CCN5C(=O)O)cc4C[C@@H](CCCCCCCCCS(=O)CCCC(F)(F)C(F)(F)F)[C@H]3[C@@H]1CC[C@@H]2O. The number of benzene rings is 1. The fraction of sp³-hybridized carbons (Fsp3) is 0.841. The lowest BCUT2D eigenvalue weighted by atomic mass is 9.52. The summed E-state index contributed by atoms with van der Waals surface area (Å²) in [6, 6.07) is 7.26. The van der Waals surface area contributed by atoms with Crippen LogP contribution in [0.15, 0.2) is 18.2 Å². The Balaban J connectivity index is 1.03. The Morgan fingerprint density at radius 1 is 0.875 bits per heavy atom. The molecular weight excluding hydrogens is 748 g/mol. The molecule has 6 nitrogen and oxygen atoms in total. The van der Waals surface area contributed by atoms with E-state index in [1.165, 1.54) is 36.8 Å². The van der Waals surface area contributed by atoms with Crippen LogP contribution in [0.25, 0.3) is 0 Å². The summed E-state index contributed by atoms with van der Waals surface area (Å²) >= 11 is 0. The highest BCUT2D eigenvalue weighted by Gasteiger charge is 2.57. The summed E-state index contributed by atoms with van der Waals surface area (Å²) in [4.78, 5) is 16.9. The highest BCUT2D eigenvalue weighted by Crippen LogP contribution is 2.63. The predicted octanol–water partition coefficient (Wildman–Crippen LogP) is 11.0. The molecule has 12 heteroatoms. The number of aliphatic hydroxyl groups is 1. The van der Waals surface area contributed by atoms with Crippen molar-refractivity contribution < 1.29 is 41.2 Å². The second-order valence-corrected chi connectivity index (χ2v) is 20.1. The molecule has 1 aromatic carbocycles. The van der Waals surface area contributed by atoms with E-state index < -0.39 is 41.8 Å². The summed E-state index contributed by atoms with van der Waals surface area (Å²) < 4.78 is 75.5. The average Bonchev–Trinajstić information content (AvgIpc) is 3.29. The molecule has 0 radical (unpaired) electrons. The normalized spacial score (nSPS) is 32.0. The van der Waals surface area contributed by atoms with Crippen LogP contribution < -0.4 is 0 Å². The summed E-state index contributed by atoms with van der Waals surface area (Å²) in [5.74, 6) is -2.46. The largest absolute Gasteiger partial charge is 0.465 e. The number of carboxylic acid groups (broad SMARTS) is 1. The number of fused-ring (bicyclic) bond motifs is 5. The Labute approximate surface area is 334 Å². The maximum absolute atomic E-state index is 13.1. The zero-order valence-electron chi connectivity index (χ0n) is 33.6. The molecule has 56 heavy (non-hydrogen) atoms. The van der Waals surface area contributed by atoms with Gasteiger partial charge in [0.25, 0.3) is 0 Å². The Morgan fingerprint density at radius 2 is 1.55 bits per heavy atom. The second kappa shape index (κ2) is 19.1. The quantitative estimate of drug-likeness (QED) is 0.128. The third-order valence-electron chi connectivity index (χ3n) is 15.0. The topological polar surface area (TPSA) is 81.1 Å². The highest BCUT2D eigenvalue weighted by molar-refractivity contribution is 7.84. The highest BCUT2D eigenvalue weighted by atomic mass is 32.2. The first-order valence-electron chi connectivity index (χ1n) is 22.0. The molecule has 3 unspecified atom stereocenters. The van der Waals surface area contributed by atoms with Gasteiger partial charge in [0.15, 0.2) is 0 Å². The molecule has 0 spiro atoms. The van der Waals surface area contributed by atoms with Crippen molar-refractivity contribution in [1.29, 1.82) is 0 Å². The molecular formula is C44H67F5N2O4S. The molecule has 318 valence electrons. The molecule has 3 aliphatic carbocycles. The summed E-state index contributed by atoms with van der Waals surface area (Å²) in [5.41, 5.74) is 3.98. The monoisotopic (exact) mass is 814 g/mol. The molecule has 6 rings (SSSR count). The second-order valence-electron chi connectivity index (χ2n) is 18.4. The number of hydrogen-bond donors (Lipinski definition) is 2. The van der Waals surface area contributed by atoms with Gasteiger partial charge in [0.1, 0.15) is 0 Å². The van der Waals surface area contributed by atoms with E-state index in [1.54, 1.807) is 4.90 Å². The number of nitrogens with zero attached hydrogens (tertiary/aromatic N) is 2. The van der Waals surface area contributed by atoms with Crippen molar-refractivity contribution in [2.45, 2.75) is 178 Å². The van der Waals surface area contributed by atoms with Gasteiger partial charge in [0, 0.05) is 41.3 Å². The molecule has 1 aromatic rings. The van der Waals surface area contributed by atoms with E-state index in [9.17, 15) is 41.2 Å². The minimum Gasteiger partial charge on any atom is -0.465 e. The van der Waals surface area contributed by atoms with Gasteiger partial charge in [-0.15, -0.1) is 0 Å². The van der Waals surface area contributed by atoms with Crippen LogP contribution in [0.4, 0.5) is 26.7 Å². The van der Waals surface area contributed by atoms with Gasteiger partial charge < -0.3 is 20.0 Å². The lowest BCUT2D eigenvalue weighted by Gasteiger charge is -2.53. The van der Waals surface area contributed by atoms with Gasteiger partial charge >= 0.3 is 18.2 Å². The number of halogens is 5. The van der Waals surface area contributed by atoms with Gasteiger partial charge in [-0.3, -0.25) is 4.21 Å². The van der Waals surface area contributed by atoms with Gasteiger partial charge in [-0.05, 0) is 136 Å². The van der Waals surface area contributed by atoms with Crippen molar-refractivity contribution in [1.82, 2.24) is 9.80 Å². The molecule has 1 amide bonds. The number of aliphatic hydroxyl groups excluding tert-OH is 1. The fourth-order valence-corrected chi connectivity index (χ4v) is 13.0. The van der Waals surface area contributed by atoms with Crippen LogP contribution >= 0.6 is 0 Å². The zero-order valence-corrected chi connectivity index (χ0v) is 34.4. The Hall–Kier alpha value is -1.79. The first-order chi connectivity index (χ1) is 26.7. The van der Waals surface area contributed by atoms with Crippen LogP contribution in [0.1, 0.15) is 164 Å². The number of likely N-dealkylation sites (tertiary alicyclic amines) is 2. The number of rotatable bonds is 16. The van der Waals surface area contributed by atoms with Crippen molar-refractivity contribution in [2.75, 3.05) is 31.1 Å². The summed E-state index contributed by atoms with van der Waals surface area (Å²) in [7, 11) is -1.38. The first-order valence-corrected chi connectivity index (χ1v) is 23.5. The molecule has 2 saturated heterocycles. The molecule has 9 atom stereocenters. The Bertz CT molecular complexity index is 1470. The molecule has 0 bridgehead atoms. The molecule has 5 aliphatic rings. The van der Waals surface area contributed by atoms with Crippen molar-refractivity contribution in [3.8, 4) is 0 Å². The average molecular weight is 815 g/mol. The summed E-state index contributed by atoms with van der Waals surface area (Å²) in [6.07, 6.45) is 11.6. The van der Waals surface area contributed by atoms with Crippen molar-refractivity contribution in [3.05, 3.63) is 34.9 Å². The lowest BCUT2D eigenvalue weighted by Crippen LogP contribution is -2.48. The van der Waals surface area contributed by atoms with Gasteiger partial charge in [-0.1, -0.05) is 76.5 Å². The number of alkyl halides is 5. The van der Waals surface area contributed by atoms with Crippen molar-refractivity contribution in [2.24, 2.45) is 23.2 Å². The van der Waals surface area contributed by atoms with Crippen LogP contribution in [0, 0.1) is 23.2 Å². The van der Waals surface area contributed by atoms with E-state index in [1.807, 2.05) is 0 Å². The molecule has 4 fully saturated rings. The first kappa shape index (κ1) is 43.8. The van der Waals surface area contributed by atoms with Crippen LogP contribution in [-0.4, -0.2) is 85.7 Å². The zero-order chi connectivity index (χ0) is 40.1. The predicted molar refractivity (Wildman–Crippen MR) is 212 cm³/mol. The third kappa shape index (κ3) is 10.1. The maximum Gasteiger partial charge on any atom is 0.453 e. The number of piperidine rings is 1. The molecule has 2 saturated carbocycles. The summed E-state index contributed by atoms with van der Waals surface area (Å²) in [6.45, 7) is 5.13. The van der Waals surface area contributed by atoms with Crippen LogP contribution in [0.5, 0.6) is 0 Å². The van der Waals surface area contributed by atoms with E-state index in [0.29, 0.717) is 48.4 Å². The smallest absolute Gasteiger partial charge is 0.453 e. The molecule has 2 N–H and O–H groups in total. The van der Waals surface area contributed by atoms with E-state index in [0.717, 1.165) is 109 Å². The van der Waals surface area contributed by atoms with Crippen molar-refractivity contribution in [3.63, 3.8) is 0 Å². The number of hydrogen-bond acceptors (Lipinski definition) is 4. The fourth-order valence-electron chi connectivity index (χ4n) is 11.8. The van der Waals surface area contributed by atoms with Crippen molar-refractivity contribution >= 4 is 16.9 Å². The van der Waals surface area contributed by atoms with Gasteiger partial charge in [0.05, 0.1) is 12.1 Å². The number of amides is 1. The lowest BCUT2D eigenvalue weighted by molar-refractivity contribution is -0.284. The Kier molecular flexibility index (Phi) is 14.9. The van der Waals surface area contributed by atoms with E-state index in [4.69, 9.17) is 0 Å². The number of unbranched alkanes of at least 4 members (excludes halogenated alkanes) is 6. The standard InChI is InChI=1S/C44H67F5N2O4S/c1-42-22-19-36-35-16-15-31(38-30-34(20-25-51(38)41(53)54)50-23-10-6-7-11-24-50)28-33(35)29-32(40(36)37(42)17-18-39(42)52)14-9-5-3-2-4-8-12-26-56(55)27-13-21-43(45,46)44(47,48)49/h15-16,28,32,34,36-40,52H,2-14,17-27,29-30H2,1H3,(H,53,54)/t32-,34?,36-,37+,38?,39+,40-,42+,56?/m1/s1. The van der Waals surface area contributed by atoms with Crippen LogP contribution in [0.2, 0.25) is 0 Å². The Morgan fingerprint density at radius 3 is 2.25 bits per heavy atom. The third-order valence-corrected chi connectivity index (χ3v) is 16.5. The molecule has 2 heterocycles. The summed E-state index contributed by atoms with van der Waals surface area (Å²) in [5, 5.41) is 21.5. The van der Waals surface area contributed by atoms with E-state index in [2.05, 4.69) is 30.0 Å². The maximum atomic E-state index is 13.1.